The first-order valence-electron chi connectivity index (χ1n) is 5.42. The summed E-state index contributed by atoms with van der Waals surface area (Å²) in [6.07, 6.45) is 1.03. The minimum absolute atomic E-state index is 0.653. The molecular formula is C9H22O3S2Si. The molecule has 15 heavy (non-hydrogen) atoms. The average Bonchev–Trinajstić information content (AvgIpc) is 2.19. The highest BCUT2D eigenvalue weighted by Crippen LogP contribution is 2.20. The second-order valence-corrected chi connectivity index (χ2v) is 7.09. The van der Waals surface area contributed by atoms with Gasteiger partial charge in [-0.25, -0.2) is 0 Å². The zero-order valence-electron chi connectivity index (χ0n) is 9.82. The van der Waals surface area contributed by atoms with Gasteiger partial charge in [0.1, 0.15) is 0 Å². The van der Waals surface area contributed by atoms with Crippen LogP contribution in [0.5, 0.6) is 0 Å². The van der Waals surface area contributed by atoms with Gasteiger partial charge < -0.3 is 13.3 Å². The Morgan fingerprint density at radius 3 is 1.80 bits per heavy atom. The molecule has 0 aliphatic heterocycles. The maximum absolute atomic E-state index is 5.72. The van der Waals surface area contributed by atoms with Crippen LogP contribution >= 0.6 is 22.5 Å². The Morgan fingerprint density at radius 1 is 1.00 bits per heavy atom. The van der Waals surface area contributed by atoms with Crippen molar-refractivity contribution in [3.63, 3.8) is 0 Å². The lowest BCUT2D eigenvalue weighted by atomic mass is 10.6. The second-order valence-electron chi connectivity index (χ2n) is 2.92. The second kappa shape index (κ2) is 9.98. The van der Waals surface area contributed by atoms with Crippen LogP contribution in [-0.4, -0.2) is 34.4 Å². The third-order valence-electron chi connectivity index (χ3n) is 1.81. The van der Waals surface area contributed by atoms with Crippen LogP contribution in [0.15, 0.2) is 0 Å². The third kappa shape index (κ3) is 6.86. The minimum atomic E-state index is -2.38. The van der Waals surface area contributed by atoms with Crippen molar-refractivity contribution in [3.8, 4) is 0 Å². The summed E-state index contributed by atoms with van der Waals surface area (Å²) in [6.45, 7) is 7.90. The van der Waals surface area contributed by atoms with Gasteiger partial charge >= 0.3 is 8.80 Å². The number of hydrogen-bond acceptors (Lipinski definition) is 5. The van der Waals surface area contributed by atoms with Crippen LogP contribution in [0.2, 0.25) is 6.04 Å². The molecule has 0 saturated carbocycles. The van der Waals surface area contributed by atoms with Gasteiger partial charge in [-0.3, -0.25) is 0 Å². The van der Waals surface area contributed by atoms with Gasteiger partial charge in [0, 0.05) is 31.6 Å². The Kier molecular flexibility index (Phi) is 10.5. The smallest absolute Gasteiger partial charge is 0.374 e. The summed E-state index contributed by atoms with van der Waals surface area (Å²) in [6, 6.07) is 0.885. The predicted molar refractivity (Wildman–Crippen MR) is 71.5 cm³/mol. The van der Waals surface area contributed by atoms with Crippen molar-refractivity contribution in [3.05, 3.63) is 0 Å². The molecule has 0 rings (SSSR count). The van der Waals surface area contributed by atoms with Gasteiger partial charge in [-0.15, -0.1) is 11.7 Å². The average molecular weight is 270 g/mol. The summed E-state index contributed by atoms with van der Waals surface area (Å²) in [5, 5.41) is 0. The van der Waals surface area contributed by atoms with E-state index in [0.29, 0.717) is 19.8 Å². The molecule has 0 aliphatic rings. The monoisotopic (exact) mass is 270 g/mol. The zero-order valence-corrected chi connectivity index (χ0v) is 12.5. The summed E-state index contributed by atoms with van der Waals surface area (Å²) in [5.74, 6) is 1.01. The van der Waals surface area contributed by atoms with Crippen LogP contribution in [0, 0.1) is 0 Å². The van der Waals surface area contributed by atoms with E-state index in [0.717, 1.165) is 18.2 Å². The molecule has 0 aromatic carbocycles. The van der Waals surface area contributed by atoms with Gasteiger partial charge in [0.2, 0.25) is 0 Å². The predicted octanol–water partition coefficient (Wildman–Crippen LogP) is 3.00. The van der Waals surface area contributed by atoms with Crippen molar-refractivity contribution in [1.29, 1.82) is 0 Å². The molecule has 6 heteroatoms. The molecule has 0 amide bonds. The first kappa shape index (κ1) is 15.8. The summed E-state index contributed by atoms with van der Waals surface area (Å²) in [4.78, 5) is 0. The Balaban J connectivity index is 4.18. The molecule has 0 saturated heterocycles. The van der Waals surface area contributed by atoms with Crippen molar-refractivity contribution in [2.24, 2.45) is 0 Å². The van der Waals surface area contributed by atoms with E-state index >= 15 is 0 Å². The molecule has 3 nitrogen and oxygen atoms in total. The van der Waals surface area contributed by atoms with E-state index in [4.69, 9.17) is 13.3 Å². The van der Waals surface area contributed by atoms with E-state index in [2.05, 4.69) is 11.7 Å². The first-order chi connectivity index (χ1) is 7.24. The molecule has 0 aromatic heterocycles. The lowest BCUT2D eigenvalue weighted by Crippen LogP contribution is -2.46. The number of thiol groups is 1. The molecule has 0 bridgehead atoms. The van der Waals surface area contributed by atoms with Gasteiger partial charge in [0.15, 0.2) is 0 Å². The molecular weight excluding hydrogens is 248 g/mol. The standard InChI is InChI=1S/C9H22O3S2Si/c1-4-10-15(11-5-2,12-6-3)9-7-8-14-13/h13H,4-9H2,1-3H3. The number of hydrogen-bond donors (Lipinski definition) is 1. The van der Waals surface area contributed by atoms with E-state index in [9.17, 15) is 0 Å². The topological polar surface area (TPSA) is 27.7 Å². The van der Waals surface area contributed by atoms with Gasteiger partial charge in [-0.05, 0) is 27.2 Å². The van der Waals surface area contributed by atoms with Crippen molar-refractivity contribution in [2.75, 3.05) is 25.6 Å². The summed E-state index contributed by atoms with van der Waals surface area (Å²) < 4.78 is 17.2. The lowest BCUT2D eigenvalue weighted by molar-refractivity contribution is 0.0712. The van der Waals surface area contributed by atoms with E-state index in [1.54, 1.807) is 10.8 Å². The van der Waals surface area contributed by atoms with Crippen LogP contribution < -0.4 is 0 Å². The lowest BCUT2D eigenvalue weighted by Gasteiger charge is -2.28. The SMILES string of the molecule is CCO[Si](CCCSS)(OCC)OCC. The van der Waals surface area contributed by atoms with Gasteiger partial charge in [0.05, 0.1) is 0 Å². The van der Waals surface area contributed by atoms with E-state index < -0.39 is 8.80 Å². The number of rotatable bonds is 10. The molecule has 92 valence electrons. The molecule has 0 radical (unpaired) electrons. The van der Waals surface area contributed by atoms with Gasteiger partial charge in [-0.1, -0.05) is 10.8 Å². The van der Waals surface area contributed by atoms with Gasteiger partial charge in [-0.2, -0.15) is 0 Å². The molecule has 0 heterocycles. The molecule has 0 unspecified atom stereocenters. The summed E-state index contributed by atoms with van der Waals surface area (Å²) in [7, 11) is -0.833. The van der Waals surface area contributed by atoms with E-state index in [-0.39, 0.29) is 0 Å². The molecule has 0 spiro atoms. The largest absolute Gasteiger partial charge is 0.500 e. The Hall–Kier alpha value is 0.797. The summed E-state index contributed by atoms with van der Waals surface area (Å²) in [5.41, 5.74) is 0. The zero-order chi connectivity index (χ0) is 11.6. The molecule has 0 N–H and O–H groups in total. The Morgan fingerprint density at radius 2 is 1.47 bits per heavy atom. The minimum Gasteiger partial charge on any atom is -0.374 e. The van der Waals surface area contributed by atoms with Crippen LogP contribution in [0.25, 0.3) is 0 Å². The van der Waals surface area contributed by atoms with Crippen molar-refractivity contribution < 1.29 is 13.3 Å². The van der Waals surface area contributed by atoms with Crippen molar-refractivity contribution in [1.82, 2.24) is 0 Å². The molecule has 0 aromatic rings. The van der Waals surface area contributed by atoms with Crippen molar-refractivity contribution in [2.45, 2.75) is 33.2 Å². The highest BCUT2D eigenvalue weighted by atomic mass is 33.1. The fourth-order valence-corrected chi connectivity index (χ4v) is 4.88. The Bertz CT molecular complexity index is 132. The maximum atomic E-state index is 5.72. The summed E-state index contributed by atoms with van der Waals surface area (Å²) >= 11 is 4.12. The highest BCUT2D eigenvalue weighted by Gasteiger charge is 2.39. The highest BCUT2D eigenvalue weighted by molar-refractivity contribution is 8.68. The van der Waals surface area contributed by atoms with Crippen LogP contribution in [0.3, 0.4) is 0 Å². The van der Waals surface area contributed by atoms with Crippen LogP contribution in [0.4, 0.5) is 0 Å². The maximum Gasteiger partial charge on any atom is 0.500 e. The van der Waals surface area contributed by atoms with Crippen molar-refractivity contribution >= 4 is 31.3 Å². The molecule has 0 atom stereocenters. The molecule has 0 aliphatic carbocycles. The first-order valence-corrected chi connectivity index (χ1v) is 9.39. The quantitative estimate of drug-likeness (QED) is 0.286. The van der Waals surface area contributed by atoms with Gasteiger partial charge in [0.25, 0.3) is 0 Å². The van der Waals surface area contributed by atoms with Crippen LogP contribution in [-0.2, 0) is 13.3 Å². The van der Waals surface area contributed by atoms with E-state index in [1.165, 1.54) is 0 Å². The Labute approximate surface area is 103 Å². The fourth-order valence-electron chi connectivity index (χ4n) is 1.35. The normalized spacial score (nSPS) is 12.0. The van der Waals surface area contributed by atoms with Crippen LogP contribution in [0.1, 0.15) is 27.2 Å². The third-order valence-corrected chi connectivity index (χ3v) is 5.98. The van der Waals surface area contributed by atoms with E-state index in [1.807, 2.05) is 20.8 Å². The fraction of sp³-hybridized carbons (Fsp3) is 1.00. The molecule has 0 fully saturated rings.